The fourth-order valence-electron chi connectivity index (χ4n) is 2.21. The lowest BCUT2D eigenvalue weighted by molar-refractivity contribution is -0.137. The molecule has 114 valence electrons. The lowest BCUT2D eigenvalue weighted by Gasteiger charge is -2.22. The average molecular weight is 298 g/mol. The quantitative estimate of drug-likeness (QED) is 0.943. The van der Waals surface area contributed by atoms with Crippen LogP contribution in [0.4, 0.5) is 18.9 Å². The molecular weight excluding hydrogens is 281 g/mol. The Morgan fingerprint density at radius 3 is 2.57 bits per heavy atom. The molecule has 0 radical (unpaired) electrons. The highest BCUT2D eigenvalue weighted by Crippen LogP contribution is 2.32. The first kappa shape index (κ1) is 15.4. The van der Waals surface area contributed by atoms with E-state index in [1.165, 1.54) is 6.07 Å². The van der Waals surface area contributed by atoms with Gasteiger partial charge in [-0.3, -0.25) is 4.68 Å². The third-order valence-electron chi connectivity index (χ3n) is 3.22. The molecule has 0 amide bonds. The van der Waals surface area contributed by atoms with Crippen molar-refractivity contribution in [2.75, 3.05) is 11.9 Å². The maximum atomic E-state index is 12.7. The Hall–Kier alpha value is -2.02. The van der Waals surface area contributed by atoms with Crippen LogP contribution in [0, 0.1) is 0 Å². The number of aromatic nitrogens is 2. The maximum Gasteiger partial charge on any atom is 0.416 e. The molecule has 0 spiro atoms. The van der Waals surface area contributed by atoms with E-state index in [1.807, 2.05) is 25.2 Å². The number of halogens is 3. The third kappa shape index (κ3) is 3.55. The van der Waals surface area contributed by atoms with Crippen LogP contribution in [0.25, 0.3) is 0 Å². The molecule has 0 bridgehead atoms. The van der Waals surface area contributed by atoms with Gasteiger partial charge in [0.15, 0.2) is 0 Å². The van der Waals surface area contributed by atoms with Crippen molar-refractivity contribution in [1.29, 1.82) is 0 Å². The van der Waals surface area contributed by atoms with Gasteiger partial charge in [0, 0.05) is 44.6 Å². The smallest absolute Gasteiger partial charge is 0.370 e. The minimum atomic E-state index is -4.36. The largest absolute Gasteiger partial charge is 0.416 e. The maximum absolute atomic E-state index is 12.7. The van der Waals surface area contributed by atoms with Gasteiger partial charge in [0.2, 0.25) is 0 Å². The topological polar surface area (TPSA) is 47.1 Å². The number of hydrogen-bond acceptors (Lipinski definition) is 3. The fraction of sp³-hybridized carbons (Fsp3) is 0.357. The van der Waals surface area contributed by atoms with E-state index >= 15 is 0 Å². The molecule has 0 atom stereocenters. The number of anilines is 1. The highest BCUT2D eigenvalue weighted by molar-refractivity contribution is 5.55. The Labute approximate surface area is 121 Å². The Kier molecular flexibility index (Phi) is 4.22. The van der Waals surface area contributed by atoms with Crippen LogP contribution in [0.2, 0.25) is 0 Å². The van der Waals surface area contributed by atoms with Crippen LogP contribution in [-0.4, -0.2) is 16.8 Å². The number of alkyl halides is 3. The molecule has 2 rings (SSSR count). The van der Waals surface area contributed by atoms with Gasteiger partial charge in [0.25, 0.3) is 0 Å². The van der Waals surface area contributed by atoms with E-state index in [4.69, 9.17) is 5.73 Å². The predicted octanol–water partition coefficient (Wildman–Crippen LogP) is 2.53. The minimum Gasteiger partial charge on any atom is -0.370 e. The molecule has 0 fully saturated rings. The SMILES string of the molecule is CN(Cc1cnn(C)c1)c1ccc(C(F)(F)F)cc1CN. The molecular formula is C14H17F3N4. The Morgan fingerprint density at radius 1 is 1.33 bits per heavy atom. The number of rotatable bonds is 4. The summed E-state index contributed by atoms with van der Waals surface area (Å²) in [5, 5.41) is 4.07. The van der Waals surface area contributed by atoms with Crippen LogP contribution in [0.5, 0.6) is 0 Å². The highest BCUT2D eigenvalue weighted by atomic mass is 19.4. The summed E-state index contributed by atoms with van der Waals surface area (Å²) in [4.78, 5) is 1.86. The Balaban J connectivity index is 2.26. The zero-order chi connectivity index (χ0) is 15.6. The molecule has 0 unspecified atom stereocenters. The summed E-state index contributed by atoms with van der Waals surface area (Å²) in [6, 6.07) is 3.64. The molecule has 7 heteroatoms. The summed E-state index contributed by atoms with van der Waals surface area (Å²) in [6.45, 7) is 0.600. The van der Waals surface area contributed by atoms with Crippen LogP contribution in [0.3, 0.4) is 0 Å². The van der Waals surface area contributed by atoms with E-state index in [9.17, 15) is 13.2 Å². The number of nitrogens with zero attached hydrogens (tertiary/aromatic N) is 3. The zero-order valence-electron chi connectivity index (χ0n) is 11.9. The van der Waals surface area contributed by atoms with E-state index in [0.717, 1.165) is 17.7 Å². The summed E-state index contributed by atoms with van der Waals surface area (Å²) >= 11 is 0. The first-order valence-corrected chi connectivity index (χ1v) is 6.40. The van der Waals surface area contributed by atoms with Crippen LogP contribution >= 0.6 is 0 Å². The van der Waals surface area contributed by atoms with Crippen molar-refractivity contribution in [3.05, 3.63) is 47.3 Å². The minimum absolute atomic E-state index is 0.0522. The normalized spacial score (nSPS) is 11.7. The summed E-state index contributed by atoms with van der Waals surface area (Å²) in [7, 11) is 3.63. The van der Waals surface area contributed by atoms with Crippen molar-refractivity contribution in [1.82, 2.24) is 9.78 Å². The van der Waals surface area contributed by atoms with E-state index in [0.29, 0.717) is 17.8 Å². The van der Waals surface area contributed by atoms with Crippen molar-refractivity contribution in [2.45, 2.75) is 19.3 Å². The Morgan fingerprint density at radius 2 is 2.05 bits per heavy atom. The lowest BCUT2D eigenvalue weighted by Crippen LogP contribution is -2.19. The van der Waals surface area contributed by atoms with Gasteiger partial charge in [-0.15, -0.1) is 0 Å². The Bertz CT molecular complexity index is 619. The molecule has 4 nitrogen and oxygen atoms in total. The summed E-state index contributed by atoms with van der Waals surface area (Å²) in [6.07, 6.45) is -0.768. The molecule has 2 N–H and O–H groups in total. The van der Waals surface area contributed by atoms with E-state index in [1.54, 1.807) is 10.9 Å². The molecule has 1 aromatic carbocycles. The van der Waals surface area contributed by atoms with Crippen molar-refractivity contribution in [3.8, 4) is 0 Å². The number of nitrogens with two attached hydrogens (primary N) is 1. The van der Waals surface area contributed by atoms with Gasteiger partial charge < -0.3 is 10.6 Å². The monoisotopic (exact) mass is 298 g/mol. The van der Waals surface area contributed by atoms with Gasteiger partial charge in [-0.25, -0.2) is 0 Å². The number of benzene rings is 1. The molecule has 1 aromatic heterocycles. The van der Waals surface area contributed by atoms with Crippen LogP contribution in [-0.2, 0) is 26.3 Å². The molecule has 2 aromatic rings. The lowest BCUT2D eigenvalue weighted by atomic mass is 10.1. The standard InChI is InChI=1S/C14H17F3N4/c1-20(8-10-7-19-21(2)9-10)13-4-3-12(14(15,16)17)5-11(13)6-18/h3-5,7,9H,6,8,18H2,1-2H3. The number of hydrogen-bond donors (Lipinski definition) is 1. The predicted molar refractivity (Wildman–Crippen MR) is 74.7 cm³/mol. The first-order chi connectivity index (χ1) is 9.81. The summed E-state index contributed by atoms with van der Waals surface area (Å²) in [5.74, 6) is 0. The van der Waals surface area contributed by atoms with E-state index in [2.05, 4.69) is 5.10 Å². The number of aryl methyl sites for hydroxylation is 1. The van der Waals surface area contributed by atoms with Gasteiger partial charge in [0.05, 0.1) is 11.8 Å². The molecule has 0 saturated carbocycles. The van der Waals surface area contributed by atoms with Crippen molar-refractivity contribution < 1.29 is 13.2 Å². The van der Waals surface area contributed by atoms with Crippen LogP contribution in [0.15, 0.2) is 30.6 Å². The second-order valence-corrected chi connectivity index (χ2v) is 4.92. The van der Waals surface area contributed by atoms with Crippen molar-refractivity contribution >= 4 is 5.69 Å². The van der Waals surface area contributed by atoms with Crippen molar-refractivity contribution in [2.24, 2.45) is 12.8 Å². The third-order valence-corrected chi connectivity index (χ3v) is 3.22. The first-order valence-electron chi connectivity index (χ1n) is 6.40. The second kappa shape index (κ2) is 5.77. The fourth-order valence-corrected chi connectivity index (χ4v) is 2.21. The average Bonchev–Trinajstić information content (AvgIpc) is 2.82. The molecule has 0 aliphatic carbocycles. The van der Waals surface area contributed by atoms with Gasteiger partial charge in [-0.05, 0) is 23.8 Å². The van der Waals surface area contributed by atoms with Crippen LogP contribution < -0.4 is 10.6 Å². The molecule has 0 aliphatic rings. The van der Waals surface area contributed by atoms with Gasteiger partial charge in [-0.2, -0.15) is 18.3 Å². The molecule has 21 heavy (non-hydrogen) atoms. The van der Waals surface area contributed by atoms with Gasteiger partial charge in [0.1, 0.15) is 0 Å². The van der Waals surface area contributed by atoms with Gasteiger partial charge in [-0.1, -0.05) is 0 Å². The molecule has 0 saturated heterocycles. The second-order valence-electron chi connectivity index (χ2n) is 4.92. The molecule has 0 aliphatic heterocycles. The van der Waals surface area contributed by atoms with E-state index < -0.39 is 11.7 Å². The zero-order valence-corrected chi connectivity index (χ0v) is 11.9. The summed E-state index contributed by atoms with van der Waals surface area (Å²) in [5.41, 5.74) is 7.04. The van der Waals surface area contributed by atoms with Gasteiger partial charge >= 0.3 is 6.18 Å². The summed E-state index contributed by atoms with van der Waals surface area (Å²) < 4.78 is 39.8. The van der Waals surface area contributed by atoms with Crippen molar-refractivity contribution in [3.63, 3.8) is 0 Å². The van der Waals surface area contributed by atoms with E-state index in [-0.39, 0.29) is 6.54 Å². The van der Waals surface area contributed by atoms with Crippen LogP contribution in [0.1, 0.15) is 16.7 Å². The molecule has 1 heterocycles. The highest BCUT2D eigenvalue weighted by Gasteiger charge is 2.31.